The molecular weight excluding hydrogens is 226 g/mol. The summed E-state index contributed by atoms with van der Waals surface area (Å²) in [7, 11) is 0. The van der Waals surface area contributed by atoms with E-state index < -0.39 is 0 Å². The summed E-state index contributed by atoms with van der Waals surface area (Å²) in [4.78, 5) is 17.9. The lowest BCUT2D eigenvalue weighted by Crippen LogP contribution is -2.38. The second kappa shape index (κ2) is 6.38. The number of hydrogen-bond donors (Lipinski definition) is 1. The average molecular weight is 247 g/mol. The van der Waals surface area contributed by atoms with Crippen LogP contribution in [0.3, 0.4) is 0 Å². The van der Waals surface area contributed by atoms with E-state index in [0.717, 1.165) is 38.3 Å². The van der Waals surface area contributed by atoms with E-state index in [0.29, 0.717) is 12.3 Å². The molecule has 98 valence electrons. The molecule has 4 heteroatoms. The molecule has 1 aliphatic heterocycles. The van der Waals surface area contributed by atoms with Crippen LogP contribution >= 0.6 is 0 Å². The maximum atomic E-state index is 11.2. The van der Waals surface area contributed by atoms with E-state index in [1.54, 1.807) is 0 Å². The molecule has 0 atom stereocenters. The topological polar surface area (TPSA) is 45.2 Å². The van der Waals surface area contributed by atoms with Crippen LogP contribution in [0.2, 0.25) is 0 Å². The largest absolute Gasteiger partial charge is 0.357 e. The maximum Gasteiger partial charge on any atom is 0.219 e. The van der Waals surface area contributed by atoms with Gasteiger partial charge in [0, 0.05) is 32.3 Å². The van der Waals surface area contributed by atoms with E-state index in [4.69, 9.17) is 0 Å². The Morgan fingerprint density at radius 1 is 1.44 bits per heavy atom. The Bertz CT molecular complexity index is 372. The van der Waals surface area contributed by atoms with E-state index >= 15 is 0 Å². The summed E-state index contributed by atoms with van der Waals surface area (Å²) in [6, 6.07) is 6.02. The number of carbonyl (C=O) groups excluding carboxylic acids is 1. The van der Waals surface area contributed by atoms with Gasteiger partial charge in [0.2, 0.25) is 5.91 Å². The van der Waals surface area contributed by atoms with Crippen LogP contribution in [0.25, 0.3) is 0 Å². The van der Waals surface area contributed by atoms with E-state index in [1.165, 1.54) is 0 Å². The van der Waals surface area contributed by atoms with Crippen molar-refractivity contribution in [1.29, 1.82) is 0 Å². The van der Waals surface area contributed by atoms with Gasteiger partial charge in [0.15, 0.2) is 0 Å². The van der Waals surface area contributed by atoms with Gasteiger partial charge in [-0.15, -0.1) is 0 Å². The summed E-state index contributed by atoms with van der Waals surface area (Å²) in [5.74, 6) is 1.83. The van der Waals surface area contributed by atoms with Gasteiger partial charge >= 0.3 is 0 Å². The van der Waals surface area contributed by atoms with Crippen molar-refractivity contribution >= 4 is 11.7 Å². The van der Waals surface area contributed by atoms with Crippen molar-refractivity contribution in [2.45, 2.75) is 26.2 Å². The smallest absolute Gasteiger partial charge is 0.219 e. The van der Waals surface area contributed by atoms with Crippen molar-refractivity contribution in [3.63, 3.8) is 0 Å². The van der Waals surface area contributed by atoms with Crippen LogP contribution in [0.1, 0.15) is 26.2 Å². The monoisotopic (exact) mass is 247 g/mol. The second-order valence-corrected chi connectivity index (χ2v) is 4.78. The average Bonchev–Trinajstić information content (AvgIpc) is 2.46. The first-order chi connectivity index (χ1) is 8.79. The number of nitrogens with one attached hydrogen (secondary N) is 1. The highest BCUT2D eigenvalue weighted by atomic mass is 16.1. The first-order valence-electron chi connectivity index (χ1n) is 6.72. The van der Waals surface area contributed by atoms with Crippen molar-refractivity contribution in [3.8, 4) is 0 Å². The molecule has 1 saturated heterocycles. The summed E-state index contributed by atoms with van der Waals surface area (Å²) in [6.45, 7) is 4.77. The molecule has 0 saturated carbocycles. The van der Waals surface area contributed by atoms with Crippen LogP contribution in [0.15, 0.2) is 24.4 Å². The Hall–Kier alpha value is -1.58. The van der Waals surface area contributed by atoms with Gasteiger partial charge in [0.1, 0.15) is 5.82 Å². The minimum Gasteiger partial charge on any atom is -0.357 e. The molecule has 1 aromatic rings. The predicted molar refractivity (Wildman–Crippen MR) is 72.5 cm³/mol. The summed E-state index contributed by atoms with van der Waals surface area (Å²) in [5.41, 5.74) is 0. The minimum atomic E-state index is 0.155. The van der Waals surface area contributed by atoms with E-state index in [-0.39, 0.29) is 5.91 Å². The third-order valence-electron chi connectivity index (χ3n) is 3.50. The molecule has 1 N–H and O–H groups in total. The Labute approximate surface area is 108 Å². The SMILES string of the molecule is CCC(=O)NCC1CCN(c2ccccn2)CC1. The maximum absolute atomic E-state index is 11.2. The molecule has 4 nitrogen and oxygen atoms in total. The Kier molecular flexibility index (Phi) is 4.56. The van der Waals surface area contributed by atoms with Crippen molar-refractivity contribution in [3.05, 3.63) is 24.4 Å². The fourth-order valence-corrected chi connectivity index (χ4v) is 2.29. The molecule has 18 heavy (non-hydrogen) atoms. The number of hydrogen-bond acceptors (Lipinski definition) is 3. The van der Waals surface area contributed by atoms with E-state index in [2.05, 4.69) is 21.3 Å². The first-order valence-corrected chi connectivity index (χ1v) is 6.72. The van der Waals surface area contributed by atoms with Crippen molar-refractivity contribution in [2.24, 2.45) is 5.92 Å². The number of amides is 1. The van der Waals surface area contributed by atoms with Gasteiger partial charge < -0.3 is 10.2 Å². The zero-order chi connectivity index (χ0) is 12.8. The van der Waals surface area contributed by atoms with Crippen molar-refractivity contribution in [1.82, 2.24) is 10.3 Å². The third kappa shape index (κ3) is 3.45. The van der Waals surface area contributed by atoms with E-state index in [1.807, 2.05) is 25.3 Å². The lowest BCUT2D eigenvalue weighted by Gasteiger charge is -2.32. The highest BCUT2D eigenvalue weighted by molar-refractivity contribution is 5.75. The van der Waals surface area contributed by atoms with Gasteiger partial charge in [-0.2, -0.15) is 0 Å². The van der Waals surface area contributed by atoms with Crippen molar-refractivity contribution < 1.29 is 4.79 Å². The molecule has 2 heterocycles. The molecular formula is C14H21N3O. The number of nitrogens with zero attached hydrogens (tertiary/aromatic N) is 2. The number of rotatable bonds is 4. The molecule has 0 bridgehead atoms. The van der Waals surface area contributed by atoms with Crippen LogP contribution < -0.4 is 10.2 Å². The summed E-state index contributed by atoms with van der Waals surface area (Å²) >= 11 is 0. The summed E-state index contributed by atoms with van der Waals surface area (Å²) in [5, 5.41) is 2.98. The number of pyridine rings is 1. The Morgan fingerprint density at radius 3 is 2.83 bits per heavy atom. The summed E-state index contributed by atoms with van der Waals surface area (Å²) in [6.07, 6.45) is 4.66. The zero-order valence-electron chi connectivity index (χ0n) is 10.9. The molecule has 0 aromatic carbocycles. The molecule has 1 amide bonds. The predicted octanol–water partition coefficient (Wildman–Crippen LogP) is 1.82. The highest BCUT2D eigenvalue weighted by Crippen LogP contribution is 2.20. The quantitative estimate of drug-likeness (QED) is 0.882. The fourth-order valence-electron chi connectivity index (χ4n) is 2.29. The normalized spacial score (nSPS) is 16.6. The van der Waals surface area contributed by atoms with Crippen LogP contribution in [0.4, 0.5) is 5.82 Å². The molecule has 0 unspecified atom stereocenters. The lowest BCUT2D eigenvalue weighted by atomic mass is 9.97. The number of carbonyl (C=O) groups is 1. The van der Waals surface area contributed by atoms with Gasteiger partial charge in [-0.25, -0.2) is 4.98 Å². The molecule has 1 fully saturated rings. The fraction of sp³-hybridized carbons (Fsp3) is 0.571. The Balaban J connectivity index is 1.76. The van der Waals surface area contributed by atoms with Gasteiger partial charge in [0.05, 0.1) is 0 Å². The van der Waals surface area contributed by atoms with Gasteiger partial charge in [0.25, 0.3) is 0 Å². The second-order valence-electron chi connectivity index (χ2n) is 4.78. The standard InChI is InChI=1S/C14H21N3O/c1-2-14(18)16-11-12-6-9-17(10-7-12)13-5-3-4-8-15-13/h3-5,8,12H,2,6-7,9-11H2,1H3,(H,16,18). The van der Waals surface area contributed by atoms with Gasteiger partial charge in [-0.05, 0) is 30.9 Å². The number of piperidine rings is 1. The molecule has 0 radical (unpaired) electrons. The summed E-state index contributed by atoms with van der Waals surface area (Å²) < 4.78 is 0. The van der Waals surface area contributed by atoms with Crippen LogP contribution in [0, 0.1) is 5.92 Å². The zero-order valence-corrected chi connectivity index (χ0v) is 10.9. The molecule has 0 spiro atoms. The minimum absolute atomic E-state index is 0.155. The Morgan fingerprint density at radius 2 is 2.22 bits per heavy atom. The number of aromatic nitrogens is 1. The first kappa shape index (κ1) is 12.9. The van der Waals surface area contributed by atoms with Crippen molar-refractivity contribution in [2.75, 3.05) is 24.5 Å². The third-order valence-corrected chi connectivity index (χ3v) is 3.50. The molecule has 1 aliphatic rings. The molecule has 0 aliphatic carbocycles. The van der Waals surface area contributed by atoms with Crippen LogP contribution in [-0.4, -0.2) is 30.5 Å². The van der Waals surface area contributed by atoms with Gasteiger partial charge in [-0.3, -0.25) is 4.79 Å². The van der Waals surface area contributed by atoms with Crippen LogP contribution in [0.5, 0.6) is 0 Å². The molecule has 1 aromatic heterocycles. The van der Waals surface area contributed by atoms with E-state index in [9.17, 15) is 4.79 Å². The molecule has 2 rings (SSSR count). The lowest BCUT2D eigenvalue weighted by molar-refractivity contribution is -0.120. The number of anilines is 1. The van der Waals surface area contributed by atoms with Gasteiger partial charge in [-0.1, -0.05) is 13.0 Å². The highest BCUT2D eigenvalue weighted by Gasteiger charge is 2.20. The van der Waals surface area contributed by atoms with Crippen LogP contribution in [-0.2, 0) is 4.79 Å².